The maximum atomic E-state index is 11.9. The van der Waals surface area contributed by atoms with Crippen molar-refractivity contribution >= 4 is 15.7 Å². The molecule has 0 saturated heterocycles. The number of aryl methyl sites for hydroxylation is 1. The van der Waals surface area contributed by atoms with Crippen molar-refractivity contribution in [3.05, 3.63) is 36.3 Å². The maximum Gasteiger partial charge on any atom is 0.244 e. The lowest BCUT2D eigenvalue weighted by Gasteiger charge is -2.06. The van der Waals surface area contributed by atoms with E-state index >= 15 is 0 Å². The van der Waals surface area contributed by atoms with E-state index in [0.29, 0.717) is 11.7 Å². The zero-order chi connectivity index (χ0) is 13.2. The van der Waals surface area contributed by atoms with E-state index < -0.39 is 10.0 Å². The van der Waals surface area contributed by atoms with Crippen molar-refractivity contribution in [1.82, 2.24) is 14.7 Å². The summed E-state index contributed by atoms with van der Waals surface area (Å²) in [7, 11) is -3.72. The minimum absolute atomic E-state index is 0.0372. The predicted molar refractivity (Wildman–Crippen MR) is 63.9 cm³/mol. The molecular weight excluding hydrogens is 256 g/mol. The van der Waals surface area contributed by atoms with Gasteiger partial charge >= 0.3 is 0 Å². The van der Waals surface area contributed by atoms with E-state index in [2.05, 4.69) is 14.7 Å². The molecule has 3 N–H and O–H groups in total. The van der Waals surface area contributed by atoms with Gasteiger partial charge in [-0.3, -0.25) is 4.98 Å². The van der Waals surface area contributed by atoms with Crippen LogP contribution in [0.15, 0.2) is 34.0 Å². The molecule has 0 aliphatic rings. The molecule has 2 aromatic heterocycles. The van der Waals surface area contributed by atoms with Gasteiger partial charge in [0, 0.05) is 12.4 Å². The number of pyridine rings is 1. The summed E-state index contributed by atoms with van der Waals surface area (Å²) in [5.41, 5.74) is 5.72. The lowest BCUT2D eigenvalue weighted by Crippen LogP contribution is -2.24. The second-order valence-corrected chi connectivity index (χ2v) is 5.34. The SMILES string of the molecule is Cc1cnc(CNS(=O)(=O)c2cnccc2N)o1. The summed E-state index contributed by atoms with van der Waals surface area (Å²) >= 11 is 0. The second-order valence-electron chi connectivity index (χ2n) is 3.60. The number of oxazole rings is 1. The molecule has 0 atom stereocenters. The van der Waals surface area contributed by atoms with Crippen molar-refractivity contribution in [1.29, 1.82) is 0 Å². The number of hydrogen-bond donors (Lipinski definition) is 2. The monoisotopic (exact) mass is 268 g/mol. The average Bonchev–Trinajstić information content (AvgIpc) is 2.73. The zero-order valence-electron chi connectivity index (χ0n) is 9.62. The highest BCUT2D eigenvalue weighted by atomic mass is 32.2. The maximum absolute atomic E-state index is 11.9. The Morgan fingerprint density at radius 2 is 2.22 bits per heavy atom. The van der Waals surface area contributed by atoms with Crippen LogP contribution in [-0.4, -0.2) is 18.4 Å². The van der Waals surface area contributed by atoms with Gasteiger partial charge in [-0.1, -0.05) is 0 Å². The number of nitrogen functional groups attached to an aromatic ring is 1. The summed E-state index contributed by atoms with van der Waals surface area (Å²) in [5, 5.41) is 0. The Kier molecular flexibility index (Phi) is 3.30. The Hall–Kier alpha value is -1.93. The molecular formula is C10H12N4O3S. The topological polar surface area (TPSA) is 111 Å². The highest BCUT2D eigenvalue weighted by Crippen LogP contribution is 2.15. The summed E-state index contributed by atoms with van der Waals surface area (Å²) in [6.07, 6.45) is 4.13. The molecule has 0 aliphatic carbocycles. The van der Waals surface area contributed by atoms with Gasteiger partial charge < -0.3 is 10.2 Å². The molecule has 0 saturated carbocycles. The molecule has 7 nitrogen and oxygen atoms in total. The average molecular weight is 268 g/mol. The van der Waals surface area contributed by atoms with Gasteiger partial charge in [0.1, 0.15) is 10.7 Å². The molecule has 2 rings (SSSR count). The van der Waals surface area contributed by atoms with Crippen molar-refractivity contribution in [2.24, 2.45) is 0 Å². The first-order valence-electron chi connectivity index (χ1n) is 5.09. The summed E-state index contributed by atoms with van der Waals surface area (Å²) in [5.74, 6) is 0.906. The number of aromatic nitrogens is 2. The first-order valence-corrected chi connectivity index (χ1v) is 6.58. The van der Waals surface area contributed by atoms with E-state index in [9.17, 15) is 8.42 Å². The highest BCUT2D eigenvalue weighted by molar-refractivity contribution is 7.89. The van der Waals surface area contributed by atoms with Crippen molar-refractivity contribution in [2.75, 3.05) is 5.73 Å². The van der Waals surface area contributed by atoms with E-state index in [-0.39, 0.29) is 17.1 Å². The number of sulfonamides is 1. The van der Waals surface area contributed by atoms with Crippen LogP contribution in [0.25, 0.3) is 0 Å². The lowest BCUT2D eigenvalue weighted by molar-refractivity contribution is 0.463. The number of anilines is 1. The van der Waals surface area contributed by atoms with Crippen LogP contribution >= 0.6 is 0 Å². The smallest absolute Gasteiger partial charge is 0.244 e. The van der Waals surface area contributed by atoms with E-state index in [0.717, 1.165) is 0 Å². The van der Waals surface area contributed by atoms with Crippen LogP contribution in [0.3, 0.4) is 0 Å². The first kappa shape index (κ1) is 12.5. The van der Waals surface area contributed by atoms with Crippen molar-refractivity contribution in [3.8, 4) is 0 Å². The number of hydrogen-bond acceptors (Lipinski definition) is 6. The van der Waals surface area contributed by atoms with Crippen LogP contribution in [0, 0.1) is 6.92 Å². The van der Waals surface area contributed by atoms with Crippen LogP contribution in [0.4, 0.5) is 5.69 Å². The fraction of sp³-hybridized carbons (Fsp3) is 0.200. The van der Waals surface area contributed by atoms with Crippen LogP contribution in [-0.2, 0) is 16.6 Å². The molecule has 2 aromatic rings. The zero-order valence-corrected chi connectivity index (χ0v) is 10.4. The second kappa shape index (κ2) is 4.75. The molecule has 0 aromatic carbocycles. The molecule has 0 bridgehead atoms. The number of rotatable bonds is 4. The summed E-state index contributed by atoms with van der Waals surface area (Å²) in [4.78, 5) is 7.57. The van der Waals surface area contributed by atoms with Crippen LogP contribution in [0.5, 0.6) is 0 Å². The molecule has 2 heterocycles. The van der Waals surface area contributed by atoms with E-state index in [1.165, 1.54) is 24.7 Å². The fourth-order valence-corrected chi connectivity index (χ4v) is 2.38. The van der Waals surface area contributed by atoms with Gasteiger partial charge in [-0.05, 0) is 13.0 Å². The van der Waals surface area contributed by atoms with Crippen molar-refractivity contribution in [2.45, 2.75) is 18.4 Å². The molecule has 0 aliphatic heterocycles. The molecule has 0 unspecified atom stereocenters. The summed E-state index contributed by atoms with van der Waals surface area (Å²) in [6.45, 7) is 1.69. The third-order valence-corrected chi connectivity index (χ3v) is 3.63. The molecule has 96 valence electrons. The van der Waals surface area contributed by atoms with Gasteiger partial charge in [-0.2, -0.15) is 0 Å². The van der Waals surface area contributed by atoms with E-state index in [1.807, 2.05) is 0 Å². The van der Waals surface area contributed by atoms with E-state index in [1.54, 1.807) is 6.92 Å². The fourth-order valence-electron chi connectivity index (χ4n) is 1.33. The minimum atomic E-state index is -3.72. The van der Waals surface area contributed by atoms with Gasteiger partial charge in [0.15, 0.2) is 0 Å². The summed E-state index contributed by atoms with van der Waals surface area (Å²) in [6, 6.07) is 1.42. The number of nitrogens with zero attached hydrogens (tertiary/aromatic N) is 2. The van der Waals surface area contributed by atoms with Crippen molar-refractivity contribution < 1.29 is 12.8 Å². The molecule has 0 radical (unpaired) electrons. The van der Waals surface area contributed by atoms with Crippen LogP contribution in [0.2, 0.25) is 0 Å². The van der Waals surface area contributed by atoms with Gasteiger partial charge in [0.05, 0.1) is 18.4 Å². The predicted octanol–water partition coefficient (Wildman–Crippen LogP) is 0.439. The Balaban J connectivity index is 2.16. The van der Waals surface area contributed by atoms with E-state index in [4.69, 9.17) is 10.2 Å². The number of nitrogens with two attached hydrogens (primary N) is 1. The summed E-state index contributed by atoms with van der Waals surface area (Å²) < 4.78 is 31.4. The quantitative estimate of drug-likeness (QED) is 0.832. The molecule has 0 fully saturated rings. The highest BCUT2D eigenvalue weighted by Gasteiger charge is 2.18. The van der Waals surface area contributed by atoms with Crippen LogP contribution in [0.1, 0.15) is 11.7 Å². The largest absolute Gasteiger partial charge is 0.445 e. The Bertz CT molecular complexity index is 651. The Morgan fingerprint density at radius 3 is 2.83 bits per heavy atom. The van der Waals surface area contributed by atoms with Gasteiger partial charge in [-0.25, -0.2) is 18.1 Å². The van der Waals surface area contributed by atoms with Gasteiger partial charge in [0.2, 0.25) is 15.9 Å². The third-order valence-electron chi connectivity index (χ3n) is 2.19. The standard InChI is InChI=1S/C10H12N4O3S/c1-7-4-13-10(17-7)6-14-18(15,16)9-5-12-3-2-8(9)11/h2-5,14H,6H2,1H3,(H2,11,12). The third kappa shape index (κ3) is 2.66. The molecule has 0 spiro atoms. The minimum Gasteiger partial charge on any atom is -0.445 e. The normalized spacial score (nSPS) is 11.6. The first-order chi connectivity index (χ1) is 8.49. The number of nitrogens with one attached hydrogen (secondary N) is 1. The Labute approximate surface area is 104 Å². The Morgan fingerprint density at radius 1 is 1.44 bits per heavy atom. The van der Waals surface area contributed by atoms with Gasteiger partial charge in [0.25, 0.3) is 0 Å². The van der Waals surface area contributed by atoms with Crippen LogP contribution < -0.4 is 10.5 Å². The lowest BCUT2D eigenvalue weighted by atomic mass is 10.4. The molecule has 18 heavy (non-hydrogen) atoms. The van der Waals surface area contributed by atoms with Crippen molar-refractivity contribution in [3.63, 3.8) is 0 Å². The molecule has 8 heteroatoms. The molecule has 0 amide bonds. The van der Waals surface area contributed by atoms with Gasteiger partial charge in [-0.15, -0.1) is 0 Å².